The molecule has 1 aliphatic rings. The molecule has 0 atom stereocenters. The van der Waals surface area contributed by atoms with E-state index in [4.69, 9.17) is 10.2 Å². The van der Waals surface area contributed by atoms with Gasteiger partial charge in [0.25, 0.3) is 15.9 Å². The third-order valence-electron chi connectivity index (χ3n) is 3.54. The van der Waals surface area contributed by atoms with E-state index < -0.39 is 20.8 Å². The van der Waals surface area contributed by atoms with Gasteiger partial charge in [0.15, 0.2) is 10.7 Å². The number of thioether (sulfide) groups is 1. The van der Waals surface area contributed by atoms with E-state index >= 15 is 0 Å². The molecule has 0 aliphatic carbocycles. The van der Waals surface area contributed by atoms with Gasteiger partial charge < -0.3 is 25.3 Å². The highest BCUT2D eigenvalue weighted by molar-refractivity contribution is 7.98. The first-order valence-corrected chi connectivity index (χ1v) is 10.8. The summed E-state index contributed by atoms with van der Waals surface area (Å²) in [5, 5.41) is 2.93. The Kier molecular flexibility index (Phi) is 6.95. The number of hydrogen-bond donors (Lipinski definition) is 2. The van der Waals surface area contributed by atoms with Crippen molar-refractivity contribution >= 4 is 33.5 Å². The van der Waals surface area contributed by atoms with Crippen molar-refractivity contribution < 1.29 is 17.6 Å². The first-order chi connectivity index (χ1) is 12.6. The van der Waals surface area contributed by atoms with Crippen LogP contribution in [0.5, 0.6) is 0 Å². The van der Waals surface area contributed by atoms with Gasteiger partial charge in [-0.05, 0) is 26.2 Å². The molecule has 150 valence electrons. The third-order valence-corrected chi connectivity index (χ3v) is 5.86. The number of amidine groups is 1. The van der Waals surface area contributed by atoms with Crippen LogP contribution in [0.3, 0.4) is 0 Å². The van der Waals surface area contributed by atoms with Gasteiger partial charge in [0.05, 0.1) is 12.3 Å². The van der Waals surface area contributed by atoms with Crippen LogP contribution in [-0.4, -0.2) is 70.4 Å². The van der Waals surface area contributed by atoms with Crippen LogP contribution in [-0.2, 0) is 27.1 Å². The summed E-state index contributed by atoms with van der Waals surface area (Å²) in [5.74, 6) is 2.31. The van der Waals surface area contributed by atoms with Crippen molar-refractivity contribution in [2.24, 2.45) is 10.1 Å². The summed E-state index contributed by atoms with van der Waals surface area (Å²) in [7, 11) is 2.84. The number of sulfonamides is 1. The lowest BCUT2D eigenvalue weighted by Gasteiger charge is -2.13. The van der Waals surface area contributed by atoms with E-state index in [1.165, 1.54) is 19.0 Å². The number of likely N-dealkylation sites (N-methyl/N-ethyl adjacent to an activating group) is 1. The van der Waals surface area contributed by atoms with E-state index in [-0.39, 0.29) is 11.5 Å². The van der Waals surface area contributed by atoms with Crippen molar-refractivity contribution in [1.29, 1.82) is 0 Å². The summed E-state index contributed by atoms with van der Waals surface area (Å²) in [4.78, 5) is 15.0. The Morgan fingerprint density at radius 1 is 1.26 bits per heavy atom. The molecule has 2 rings (SSSR count). The number of nitrogens with two attached hydrogens (primary N) is 1. The minimum Gasteiger partial charge on any atom is -0.464 e. The summed E-state index contributed by atoms with van der Waals surface area (Å²) < 4.78 is 33.2. The monoisotopic (exact) mass is 415 g/mol. The zero-order valence-corrected chi connectivity index (χ0v) is 17.5. The van der Waals surface area contributed by atoms with Crippen LogP contribution in [0.15, 0.2) is 31.5 Å². The van der Waals surface area contributed by atoms with Crippen molar-refractivity contribution in [3.8, 4) is 0 Å². The predicted octanol–water partition coefficient (Wildman–Crippen LogP) is 0.164. The standard InChI is InChI=1S/C16H25N5O4S2/c1-20(2)9-11-5-6-12(25-11)10-26-8-7-18-13-14(16(22)21(3)4)27(23,24)19-15(13)17/h5-6,18H,7-10H2,1-4H3,(H2,17,19). The average Bonchev–Trinajstić information content (AvgIpc) is 3.07. The van der Waals surface area contributed by atoms with E-state index in [0.717, 1.165) is 18.1 Å². The SMILES string of the molecule is CN(C)Cc1ccc(CSCCNC2=C(C(=O)N(C)C)S(=O)(=O)N=C2N)o1. The molecule has 0 unspecified atom stereocenters. The molecule has 0 bridgehead atoms. The van der Waals surface area contributed by atoms with Gasteiger partial charge in [0.1, 0.15) is 17.2 Å². The van der Waals surface area contributed by atoms with Crippen LogP contribution in [0.2, 0.25) is 0 Å². The van der Waals surface area contributed by atoms with Crippen LogP contribution in [0.25, 0.3) is 0 Å². The average molecular weight is 416 g/mol. The Morgan fingerprint density at radius 2 is 1.93 bits per heavy atom. The lowest BCUT2D eigenvalue weighted by Crippen LogP contribution is -2.32. The maximum atomic E-state index is 12.2. The van der Waals surface area contributed by atoms with Crippen molar-refractivity contribution in [3.63, 3.8) is 0 Å². The van der Waals surface area contributed by atoms with E-state index in [1.54, 1.807) is 11.8 Å². The van der Waals surface area contributed by atoms with E-state index in [9.17, 15) is 13.2 Å². The van der Waals surface area contributed by atoms with Crippen molar-refractivity contribution in [2.45, 2.75) is 12.3 Å². The van der Waals surface area contributed by atoms with Crippen LogP contribution >= 0.6 is 11.8 Å². The predicted molar refractivity (Wildman–Crippen MR) is 107 cm³/mol. The molecule has 1 aliphatic heterocycles. The molecule has 1 aromatic rings. The van der Waals surface area contributed by atoms with Gasteiger partial charge in [-0.3, -0.25) is 4.79 Å². The van der Waals surface area contributed by atoms with E-state index in [1.807, 2.05) is 31.1 Å². The number of amides is 1. The van der Waals surface area contributed by atoms with Gasteiger partial charge in [0.2, 0.25) is 0 Å². The Balaban J connectivity index is 1.90. The fourth-order valence-electron chi connectivity index (χ4n) is 2.37. The van der Waals surface area contributed by atoms with Crippen molar-refractivity contribution in [1.82, 2.24) is 15.1 Å². The highest BCUT2D eigenvalue weighted by atomic mass is 32.2. The van der Waals surface area contributed by atoms with E-state index in [2.05, 4.69) is 9.71 Å². The molecule has 27 heavy (non-hydrogen) atoms. The number of hydrogen-bond acceptors (Lipinski definition) is 8. The zero-order chi connectivity index (χ0) is 20.2. The minimum absolute atomic E-state index is 0.0700. The first kappa shape index (κ1) is 21.3. The molecule has 1 amide bonds. The molecule has 0 spiro atoms. The maximum Gasteiger partial charge on any atom is 0.292 e. The van der Waals surface area contributed by atoms with Crippen LogP contribution in [0.4, 0.5) is 0 Å². The summed E-state index contributed by atoms with van der Waals surface area (Å²) in [5.41, 5.74) is 5.76. The molecule has 0 saturated heterocycles. The third kappa shape index (κ3) is 5.50. The summed E-state index contributed by atoms with van der Waals surface area (Å²) in [6.45, 7) is 1.18. The molecule has 1 aromatic heterocycles. The normalized spacial score (nSPS) is 16.0. The highest BCUT2D eigenvalue weighted by Crippen LogP contribution is 2.22. The Hall–Kier alpha value is -1.98. The molecule has 0 fully saturated rings. The number of carbonyl (C=O) groups excluding carboxylic acids is 1. The smallest absolute Gasteiger partial charge is 0.292 e. The number of rotatable bonds is 9. The second-order valence-electron chi connectivity index (χ2n) is 6.44. The van der Waals surface area contributed by atoms with Crippen molar-refractivity contribution in [3.05, 3.63) is 34.3 Å². The molecule has 2 heterocycles. The molecule has 11 heteroatoms. The number of carbonyl (C=O) groups is 1. The Morgan fingerprint density at radius 3 is 2.56 bits per heavy atom. The second-order valence-corrected chi connectivity index (χ2v) is 9.09. The molecule has 9 nitrogen and oxygen atoms in total. The summed E-state index contributed by atoms with van der Waals surface area (Å²) >= 11 is 1.62. The fourth-order valence-corrected chi connectivity index (χ4v) is 4.40. The van der Waals surface area contributed by atoms with Gasteiger partial charge in [0, 0.05) is 26.4 Å². The number of furan rings is 1. The number of nitrogens with one attached hydrogen (secondary N) is 1. The Bertz CT molecular complexity index is 856. The van der Waals surface area contributed by atoms with Crippen molar-refractivity contribution in [2.75, 3.05) is 40.5 Å². The highest BCUT2D eigenvalue weighted by Gasteiger charge is 2.37. The van der Waals surface area contributed by atoms with Gasteiger partial charge in [-0.2, -0.15) is 20.2 Å². The number of nitrogens with zero attached hydrogens (tertiary/aromatic N) is 3. The van der Waals surface area contributed by atoms with Gasteiger partial charge in [-0.25, -0.2) is 0 Å². The topological polar surface area (TPSA) is 121 Å². The van der Waals surface area contributed by atoms with Crippen LogP contribution < -0.4 is 11.1 Å². The van der Waals surface area contributed by atoms with Crippen LogP contribution in [0, 0.1) is 0 Å². The fraction of sp³-hybridized carbons (Fsp3) is 0.500. The quantitative estimate of drug-likeness (QED) is 0.547. The van der Waals surface area contributed by atoms with Gasteiger partial charge in [-0.1, -0.05) is 0 Å². The largest absolute Gasteiger partial charge is 0.464 e. The van der Waals surface area contributed by atoms with Gasteiger partial charge in [-0.15, -0.1) is 4.40 Å². The Labute approximate surface area is 163 Å². The summed E-state index contributed by atoms with van der Waals surface area (Å²) in [6, 6.07) is 3.91. The zero-order valence-electron chi connectivity index (χ0n) is 15.9. The molecular weight excluding hydrogens is 390 g/mol. The molecule has 0 saturated carbocycles. The van der Waals surface area contributed by atoms with E-state index in [0.29, 0.717) is 18.1 Å². The summed E-state index contributed by atoms with van der Waals surface area (Å²) in [6.07, 6.45) is 0. The molecule has 0 aromatic carbocycles. The lowest BCUT2D eigenvalue weighted by atomic mass is 10.3. The first-order valence-electron chi connectivity index (χ1n) is 8.22. The van der Waals surface area contributed by atoms with Gasteiger partial charge >= 0.3 is 0 Å². The molecular formula is C16H25N5O4S2. The maximum absolute atomic E-state index is 12.2. The minimum atomic E-state index is -4.06. The lowest BCUT2D eigenvalue weighted by molar-refractivity contribution is -0.124. The second kappa shape index (κ2) is 8.81. The molecule has 3 N–H and O–H groups in total. The van der Waals surface area contributed by atoms with Crippen LogP contribution in [0.1, 0.15) is 11.5 Å². The molecule has 0 radical (unpaired) electrons.